The third kappa shape index (κ3) is 2.76. The number of nitrogen functional groups attached to an aromatic ring is 1. The van der Waals surface area contributed by atoms with Crippen molar-refractivity contribution >= 4 is 33.2 Å². The van der Waals surface area contributed by atoms with Gasteiger partial charge in [-0.05, 0) is 25.1 Å². The average molecular weight is 264 g/mol. The van der Waals surface area contributed by atoms with E-state index in [-0.39, 0.29) is 5.25 Å². The van der Waals surface area contributed by atoms with Crippen LogP contribution in [0.3, 0.4) is 0 Å². The third-order valence-corrected chi connectivity index (χ3v) is 4.08. The summed E-state index contributed by atoms with van der Waals surface area (Å²) in [4.78, 5) is 8.38. The van der Waals surface area contributed by atoms with Gasteiger partial charge >= 0.3 is 0 Å². The van der Waals surface area contributed by atoms with Gasteiger partial charge in [0.2, 0.25) is 0 Å². The van der Waals surface area contributed by atoms with Crippen molar-refractivity contribution < 1.29 is 4.21 Å². The van der Waals surface area contributed by atoms with Gasteiger partial charge in [-0.3, -0.25) is 4.21 Å². The fraction of sp³-hybridized carbons (Fsp3) is 0.333. The highest BCUT2D eigenvalue weighted by atomic mass is 32.2. The Morgan fingerprint density at radius 2 is 2.22 bits per heavy atom. The molecule has 0 fully saturated rings. The van der Waals surface area contributed by atoms with Crippen LogP contribution in [0.15, 0.2) is 24.5 Å². The second kappa shape index (κ2) is 5.30. The van der Waals surface area contributed by atoms with Crippen molar-refractivity contribution in [2.24, 2.45) is 0 Å². The van der Waals surface area contributed by atoms with Crippen molar-refractivity contribution in [3.05, 3.63) is 24.5 Å². The van der Waals surface area contributed by atoms with Crippen LogP contribution in [-0.2, 0) is 10.8 Å². The minimum Gasteiger partial charge on any atom is -0.399 e. The first-order chi connectivity index (χ1) is 8.58. The third-order valence-electron chi connectivity index (χ3n) is 2.78. The van der Waals surface area contributed by atoms with E-state index < -0.39 is 10.8 Å². The number of nitrogens with zero attached hydrogens (tertiary/aromatic N) is 2. The van der Waals surface area contributed by atoms with Gasteiger partial charge in [-0.2, -0.15) is 0 Å². The molecule has 2 atom stereocenters. The lowest BCUT2D eigenvalue weighted by Gasteiger charge is -2.12. The molecule has 2 aromatic rings. The summed E-state index contributed by atoms with van der Waals surface area (Å²) in [7, 11) is -0.847. The van der Waals surface area contributed by atoms with E-state index in [1.807, 2.05) is 25.1 Å². The summed E-state index contributed by atoms with van der Waals surface area (Å²) in [6, 6.07) is 5.52. The zero-order chi connectivity index (χ0) is 13.1. The summed E-state index contributed by atoms with van der Waals surface area (Å²) in [5, 5.41) is 4.19. The van der Waals surface area contributed by atoms with Crippen LogP contribution in [0.2, 0.25) is 0 Å². The zero-order valence-corrected chi connectivity index (χ0v) is 11.2. The van der Waals surface area contributed by atoms with Gasteiger partial charge in [-0.15, -0.1) is 0 Å². The molecule has 0 aliphatic heterocycles. The molecular formula is C12H16N4OS. The summed E-state index contributed by atoms with van der Waals surface area (Å²) < 4.78 is 11.3. The molecule has 6 heteroatoms. The first kappa shape index (κ1) is 12.8. The molecule has 0 radical (unpaired) electrons. The number of nitrogens with two attached hydrogens (primary N) is 1. The van der Waals surface area contributed by atoms with Gasteiger partial charge in [0.1, 0.15) is 12.1 Å². The molecule has 1 aromatic heterocycles. The van der Waals surface area contributed by atoms with E-state index in [4.69, 9.17) is 5.73 Å². The highest BCUT2D eigenvalue weighted by Crippen LogP contribution is 2.21. The van der Waals surface area contributed by atoms with Crippen molar-refractivity contribution in [3.63, 3.8) is 0 Å². The van der Waals surface area contributed by atoms with E-state index in [1.165, 1.54) is 6.33 Å². The van der Waals surface area contributed by atoms with Crippen LogP contribution >= 0.6 is 0 Å². The summed E-state index contributed by atoms with van der Waals surface area (Å²) >= 11 is 0. The molecule has 0 aliphatic carbocycles. The fourth-order valence-corrected chi connectivity index (χ4v) is 1.89. The topological polar surface area (TPSA) is 80.9 Å². The van der Waals surface area contributed by atoms with E-state index in [2.05, 4.69) is 15.3 Å². The van der Waals surface area contributed by atoms with Gasteiger partial charge in [-0.1, -0.05) is 0 Å². The maximum Gasteiger partial charge on any atom is 0.137 e. The van der Waals surface area contributed by atoms with Crippen LogP contribution in [0.1, 0.15) is 6.92 Å². The molecule has 0 spiro atoms. The number of hydrogen-bond donors (Lipinski definition) is 2. The Kier molecular flexibility index (Phi) is 3.76. The molecule has 5 nitrogen and oxygen atoms in total. The second-order valence-electron chi connectivity index (χ2n) is 4.19. The maximum atomic E-state index is 11.3. The van der Waals surface area contributed by atoms with Crippen LogP contribution in [-0.4, -0.2) is 32.2 Å². The molecule has 0 bridgehead atoms. The Morgan fingerprint density at radius 1 is 1.44 bits per heavy atom. The molecule has 2 unspecified atom stereocenters. The van der Waals surface area contributed by atoms with Crippen LogP contribution in [0.25, 0.3) is 10.9 Å². The molecule has 1 aromatic carbocycles. The standard InChI is InChI=1S/C12H16N4OS/c1-8(18(2)17)6-14-12-10-4-3-9(13)5-11(10)15-7-16-12/h3-5,7-8H,6,13H2,1-2H3,(H,14,15,16). The molecule has 1 heterocycles. The molecule has 96 valence electrons. The Labute approximate surface area is 108 Å². The van der Waals surface area contributed by atoms with Gasteiger partial charge in [0, 0.05) is 39.9 Å². The maximum absolute atomic E-state index is 11.3. The second-order valence-corrected chi connectivity index (χ2v) is 5.99. The van der Waals surface area contributed by atoms with E-state index >= 15 is 0 Å². The average Bonchev–Trinajstić information content (AvgIpc) is 2.35. The minimum absolute atomic E-state index is 0.0730. The highest BCUT2D eigenvalue weighted by Gasteiger charge is 2.08. The number of hydrogen-bond acceptors (Lipinski definition) is 5. The molecule has 2 rings (SSSR count). The van der Waals surface area contributed by atoms with E-state index in [0.29, 0.717) is 12.2 Å². The number of rotatable bonds is 4. The smallest absolute Gasteiger partial charge is 0.137 e. The molecular weight excluding hydrogens is 248 g/mol. The van der Waals surface area contributed by atoms with Crippen molar-refractivity contribution in [2.75, 3.05) is 23.9 Å². The van der Waals surface area contributed by atoms with Gasteiger partial charge in [0.25, 0.3) is 0 Å². The predicted octanol–water partition coefficient (Wildman–Crippen LogP) is 1.39. The van der Waals surface area contributed by atoms with Gasteiger partial charge < -0.3 is 11.1 Å². The minimum atomic E-state index is -0.847. The van der Waals surface area contributed by atoms with Crippen LogP contribution < -0.4 is 11.1 Å². The lowest BCUT2D eigenvalue weighted by molar-refractivity contribution is 0.679. The molecule has 0 amide bonds. The largest absolute Gasteiger partial charge is 0.399 e. The van der Waals surface area contributed by atoms with Crippen LogP contribution in [0.5, 0.6) is 0 Å². The van der Waals surface area contributed by atoms with Crippen molar-refractivity contribution in [3.8, 4) is 0 Å². The number of anilines is 2. The Bertz CT molecular complexity index is 587. The highest BCUT2D eigenvalue weighted by molar-refractivity contribution is 7.84. The van der Waals surface area contributed by atoms with Gasteiger partial charge in [-0.25, -0.2) is 9.97 Å². The SMILES string of the molecule is CC(CNc1ncnc2cc(N)ccc12)S(C)=O. The monoisotopic (exact) mass is 264 g/mol. The Balaban J connectivity index is 2.26. The van der Waals surface area contributed by atoms with E-state index in [9.17, 15) is 4.21 Å². The summed E-state index contributed by atoms with van der Waals surface area (Å²) in [5.74, 6) is 0.748. The zero-order valence-electron chi connectivity index (χ0n) is 10.4. The Hall–Kier alpha value is -1.69. The molecule has 0 aliphatic rings. The number of aromatic nitrogens is 2. The van der Waals surface area contributed by atoms with Crippen LogP contribution in [0.4, 0.5) is 11.5 Å². The number of fused-ring (bicyclic) bond motifs is 1. The van der Waals surface area contributed by atoms with Gasteiger partial charge in [0.15, 0.2) is 0 Å². The molecule has 18 heavy (non-hydrogen) atoms. The lowest BCUT2D eigenvalue weighted by Crippen LogP contribution is -2.21. The van der Waals surface area contributed by atoms with Crippen molar-refractivity contribution in [2.45, 2.75) is 12.2 Å². The molecule has 0 saturated carbocycles. The van der Waals surface area contributed by atoms with Crippen molar-refractivity contribution in [1.82, 2.24) is 9.97 Å². The first-order valence-electron chi connectivity index (χ1n) is 5.64. The van der Waals surface area contributed by atoms with Crippen molar-refractivity contribution in [1.29, 1.82) is 0 Å². The van der Waals surface area contributed by atoms with E-state index in [1.54, 1.807) is 6.26 Å². The van der Waals surface area contributed by atoms with E-state index in [0.717, 1.165) is 16.7 Å². The van der Waals surface area contributed by atoms with Gasteiger partial charge in [0.05, 0.1) is 5.52 Å². The molecule has 3 N–H and O–H groups in total. The Morgan fingerprint density at radius 3 is 2.94 bits per heavy atom. The summed E-state index contributed by atoms with van der Waals surface area (Å²) in [6.45, 7) is 2.55. The van der Waals surface area contributed by atoms with Crippen LogP contribution in [0, 0.1) is 0 Å². The first-order valence-corrected chi connectivity index (χ1v) is 7.26. The molecule has 0 saturated heterocycles. The predicted molar refractivity (Wildman–Crippen MR) is 76.0 cm³/mol. The summed E-state index contributed by atoms with van der Waals surface area (Å²) in [6.07, 6.45) is 3.20. The number of benzene rings is 1. The normalized spacial score (nSPS) is 14.3. The quantitative estimate of drug-likeness (QED) is 0.816. The fourth-order valence-electron chi connectivity index (χ4n) is 1.57. The number of nitrogens with one attached hydrogen (secondary N) is 1. The lowest BCUT2D eigenvalue weighted by atomic mass is 10.2. The summed E-state index contributed by atoms with van der Waals surface area (Å²) in [5.41, 5.74) is 7.19.